The lowest BCUT2D eigenvalue weighted by Crippen LogP contribution is -2.15. The van der Waals surface area contributed by atoms with Crippen LogP contribution in [0.25, 0.3) is 0 Å². The molecule has 0 saturated heterocycles. The Morgan fingerprint density at radius 1 is 0.571 bits per heavy atom. The molecule has 0 N–H and O–H groups in total. The zero-order valence-corrected chi connectivity index (χ0v) is 9.20. The van der Waals surface area contributed by atoms with Crippen LogP contribution in [0.5, 0.6) is 0 Å². The smallest absolute Gasteiger partial charge is 0.0376 e. The van der Waals surface area contributed by atoms with Gasteiger partial charge < -0.3 is 0 Å². The predicted molar refractivity (Wildman–Crippen MR) is 58.6 cm³/mol. The summed E-state index contributed by atoms with van der Waals surface area (Å²) in [6.07, 6.45) is 0. The van der Waals surface area contributed by atoms with E-state index in [0.29, 0.717) is 0 Å². The van der Waals surface area contributed by atoms with Crippen LogP contribution in [0.3, 0.4) is 0 Å². The Morgan fingerprint density at radius 3 is 1.00 bits per heavy atom. The second-order valence-electron chi connectivity index (χ2n) is 3.86. The lowest BCUT2D eigenvalue weighted by atomic mass is 10.5. The molecule has 0 radical (unpaired) electrons. The average molecular weight is 188 g/mol. The lowest BCUT2D eigenvalue weighted by Gasteiger charge is -2.15. The van der Waals surface area contributed by atoms with Crippen molar-refractivity contribution in [1.82, 2.24) is 9.35 Å². The van der Waals surface area contributed by atoms with Gasteiger partial charge in [-0.1, -0.05) is 0 Å². The van der Waals surface area contributed by atoms with Gasteiger partial charge in [-0.05, 0) is 52.0 Å². The van der Waals surface area contributed by atoms with Gasteiger partial charge in [0.15, 0.2) is 0 Å². The molecule has 0 unspecified atom stereocenters. The quantitative estimate of drug-likeness (QED) is 0.651. The summed E-state index contributed by atoms with van der Waals surface area (Å²) in [4.78, 5) is 0. The predicted octanol–water partition coefficient (Wildman–Crippen LogP) is 2.83. The molecule has 0 aliphatic carbocycles. The minimum Gasteiger partial charge on any atom is -0.258 e. The molecule has 2 heterocycles. The first-order valence-electron chi connectivity index (χ1n) is 4.92. The molecule has 74 valence electrons. The van der Waals surface area contributed by atoms with Gasteiger partial charge in [0.05, 0.1) is 0 Å². The van der Waals surface area contributed by atoms with Crippen LogP contribution in [0.2, 0.25) is 0 Å². The van der Waals surface area contributed by atoms with Gasteiger partial charge >= 0.3 is 0 Å². The van der Waals surface area contributed by atoms with Crippen molar-refractivity contribution in [2.45, 2.75) is 27.7 Å². The van der Waals surface area contributed by atoms with Gasteiger partial charge in [-0.2, -0.15) is 0 Å². The summed E-state index contributed by atoms with van der Waals surface area (Å²) >= 11 is 0. The van der Waals surface area contributed by atoms with E-state index in [1.165, 1.54) is 22.8 Å². The fourth-order valence-corrected chi connectivity index (χ4v) is 1.95. The average Bonchev–Trinajstić information content (AvgIpc) is 2.60. The maximum atomic E-state index is 2.24. The van der Waals surface area contributed by atoms with Crippen LogP contribution in [0.4, 0.5) is 0 Å². The summed E-state index contributed by atoms with van der Waals surface area (Å²) in [6.45, 7) is 8.52. The molecule has 0 atom stereocenters. The Morgan fingerprint density at radius 2 is 0.786 bits per heavy atom. The molecule has 2 rings (SSSR count). The largest absolute Gasteiger partial charge is 0.258 e. The van der Waals surface area contributed by atoms with Gasteiger partial charge in [-0.3, -0.25) is 9.35 Å². The van der Waals surface area contributed by atoms with Crippen molar-refractivity contribution in [2.24, 2.45) is 0 Å². The van der Waals surface area contributed by atoms with E-state index in [9.17, 15) is 0 Å². The number of aryl methyl sites for hydroxylation is 4. The first-order valence-corrected chi connectivity index (χ1v) is 4.92. The SMILES string of the molecule is Cc1ccc(C)n1-n1c(C)ccc1C. The van der Waals surface area contributed by atoms with Crippen LogP contribution in [0.1, 0.15) is 22.8 Å². The third-order valence-corrected chi connectivity index (χ3v) is 2.67. The van der Waals surface area contributed by atoms with Gasteiger partial charge in [-0.25, -0.2) is 0 Å². The Balaban J connectivity index is 2.71. The maximum Gasteiger partial charge on any atom is 0.0376 e. The van der Waals surface area contributed by atoms with Crippen molar-refractivity contribution in [3.05, 3.63) is 47.0 Å². The van der Waals surface area contributed by atoms with Crippen molar-refractivity contribution < 1.29 is 0 Å². The normalized spacial score (nSPS) is 10.9. The van der Waals surface area contributed by atoms with Crippen LogP contribution in [0.15, 0.2) is 24.3 Å². The molecule has 0 spiro atoms. The molecule has 2 heteroatoms. The van der Waals surface area contributed by atoms with E-state index in [1.54, 1.807) is 0 Å². The molecule has 0 aliphatic heterocycles. The van der Waals surface area contributed by atoms with Gasteiger partial charge in [0.1, 0.15) is 0 Å². The molecular weight excluding hydrogens is 172 g/mol. The molecule has 0 aliphatic rings. The van der Waals surface area contributed by atoms with Crippen LogP contribution in [-0.2, 0) is 0 Å². The number of hydrogen-bond donors (Lipinski definition) is 0. The third-order valence-electron chi connectivity index (χ3n) is 2.67. The zero-order valence-electron chi connectivity index (χ0n) is 9.20. The fraction of sp³-hybridized carbons (Fsp3) is 0.333. The third kappa shape index (κ3) is 1.18. The highest BCUT2D eigenvalue weighted by Crippen LogP contribution is 2.13. The number of nitrogens with zero attached hydrogens (tertiary/aromatic N) is 2. The summed E-state index contributed by atoms with van der Waals surface area (Å²) in [5, 5.41) is 0. The molecule has 14 heavy (non-hydrogen) atoms. The van der Waals surface area contributed by atoms with Gasteiger partial charge in [0.2, 0.25) is 0 Å². The molecule has 0 fully saturated rings. The highest BCUT2D eigenvalue weighted by molar-refractivity contribution is 5.20. The Bertz CT molecular complexity index is 377. The minimum atomic E-state index is 1.27. The van der Waals surface area contributed by atoms with E-state index in [1.807, 2.05) is 0 Å². The molecular formula is C12H16N2. The molecule has 2 nitrogen and oxygen atoms in total. The second kappa shape index (κ2) is 3.05. The Hall–Kier alpha value is -1.44. The van der Waals surface area contributed by atoms with Crippen molar-refractivity contribution >= 4 is 0 Å². The summed E-state index contributed by atoms with van der Waals surface area (Å²) in [5.41, 5.74) is 5.07. The number of aromatic nitrogens is 2. The summed E-state index contributed by atoms with van der Waals surface area (Å²) in [6, 6.07) is 8.59. The summed E-state index contributed by atoms with van der Waals surface area (Å²) in [5.74, 6) is 0. The molecule has 0 amide bonds. The molecule has 0 saturated carbocycles. The van der Waals surface area contributed by atoms with E-state index in [-0.39, 0.29) is 0 Å². The van der Waals surface area contributed by atoms with Crippen molar-refractivity contribution in [3.8, 4) is 0 Å². The van der Waals surface area contributed by atoms with Crippen LogP contribution < -0.4 is 0 Å². The van der Waals surface area contributed by atoms with E-state index in [0.717, 1.165) is 0 Å². The first kappa shape index (κ1) is 9.13. The van der Waals surface area contributed by atoms with Crippen molar-refractivity contribution in [3.63, 3.8) is 0 Å². The molecule has 2 aromatic heterocycles. The Labute approximate surface area is 84.8 Å². The Kier molecular flexibility index (Phi) is 1.99. The highest BCUT2D eigenvalue weighted by atomic mass is 15.5. The first-order chi connectivity index (χ1) is 6.61. The fourth-order valence-electron chi connectivity index (χ4n) is 1.95. The van der Waals surface area contributed by atoms with Crippen LogP contribution in [-0.4, -0.2) is 9.35 Å². The summed E-state index contributed by atoms with van der Waals surface area (Å²) < 4.78 is 4.48. The van der Waals surface area contributed by atoms with Gasteiger partial charge in [0, 0.05) is 22.8 Å². The highest BCUT2D eigenvalue weighted by Gasteiger charge is 2.06. The molecule has 0 aromatic carbocycles. The standard InChI is InChI=1S/C12H16N2/c1-9-5-6-10(2)13(9)14-11(3)7-8-12(14)4/h5-8H,1-4H3. The topological polar surface area (TPSA) is 9.86 Å². The maximum absolute atomic E-state index is 2.24. The van der Waals surface area contributed by atoms with E-state index >= 15 is 0 Å². The van der Waals surface area contributed by atoms with Crippen molar-refractivity contribution in [2.75, 3.05) is 0 Å². The van der Waals surface area contributed by atoms with E-state index in [2.05, 4.69) is 61.3 Å². The minimum absolute atomic E-state index is 1.27. The van der Waals surface area contributed by atoms with E-state index in [4.69, 9.17) is 0 Å². The molecule has 2 aromatic rings. The van der Waals surface area contributed by atoms with Crippen LogP contribution in [0, 0.1) is 27.7 Å². The number of hydrogen-bond acceptors (Lipinski definition) is 0. The second-order valence-corrected chi connectivity index (χ2v) is 3.86. The van der Waals surface area contributed by atoms with Crippen molar-refractivity contribution in [1.29, 1.82) is 0 Å². The summed E-state index contributed by atoms with van der Waals surface area (Å²) in [7, 11) is 0. The van der Waals surface area contributed by atoms with E-state index < -0.39 is 0 Å². The van der Waals surface area contributed by atoms with Gasteiger partial charge in [-0.15, -0.1) is 0 Å². The monoisotopic (exact) mass is 188 g/mol. The van der Waals surface area contributed by atoms with Gasteiger partial charge in [0.25, 0.3) is 0 Å². The lowest BCUT2D eigenvalue weighted by molar-refractivity contribution is 0.595. The van der Waals surface area contributed by atoms with Crippen LogP contribution >= 0.6 is 0 Å². The number of rotatable bonds is 1. The molecule has 0 bridgehead atoms. The zero-order chi connectivity index (χ0) is 10.3.